The second kappa shape index (κ2) is 4.08. The van der Waals surface area contributed by atoms with E-state index < -0.39 is 0 Å². The van der Waals surface area contributed by atoms with Crippen molar-refractivity contribution in [3.63, 3.8) is 0 Å². The van der Waals surface area contributed by atoms with Crippen molar-refractivity contribution in [2.24, 2.45) is 0 Å². The molecule has 1 heterocycles. The number of nitrogen functional groups attached to an aromatic ring is 1. The summed E-state index contributed by atoms with van der Waals surface area (Å²) >= 11 is 5.89. The number of hydrogen-bond donors (Lipinski definition) is 1. The second-order valence-electron chi connectivity index (χ2n) is 4.46. The zero-order valence-corrected chi connectivity index (χ0v) is 10.1. The van der Waals surface area contributed by atoms with Crippen molar-refractivity contribution in [3.05, 3.63) is 46.1 Å². The molecule has 0 fully saturated rings. The summed E-state index contributed by atoms with van der Waals surface area (Å²) < 4.78 is 5.03. The molecule has 0 radical (unpaired) electrons. The lowest BCUT2D eigenvalue weighted by molar-refractivity contribution is 0.424. The normalized spacial score (nSPS) is 19.0. The minimum absolute atomic E-state index is 0.481. The standard InChI is InChI=1S/C13H13ClN2O/c14-10-4-1-8(2-5-10)9-3-6-11-12(7-9)16-17-13(11)15/h1-2,4-5,9H,3,6-7,15H2. The van der Waals surface area contributed by atoms with Gasteiger partial charge < -0.3 is 10.3 Å². The number of fused-ring (bicyclic) bond motifs is 1. The molecule has 4 heteroatoms. The maximum Gasteiger partial charge on any atom is 0.225 e. The van der Waals surface area contributed by atoms with Crippen molar-refractivity contribution in [2.75, 3.05) is 5.73 Å². The highest BCUT2D eigenvalue weighted by Crippen LogP contribution is 2.34. The summed E-state index contributed by atoms with van der Waals surface area (Å²) in [6, 6.07) is 8.04. The molecule has 17 heavy (non-hydrogen) atoms. The lowest BCUT2D eigenvalue weighted by Gasteiger charge is -2.21. The van der Waals surface area contributed by atoms with E-state index in [-0.39, 0.29) is 0 Å². The first-order valence-corrected chi connectivity index (χ1v) is 6.10. The van der Waals surface area contributed by atoms with Crippen LogP contribution in [-0.2, 0) is 12.8 Å². The number of aromatic nitrogens is 1. The predicted octanol–water partition coefficient (Wildman–Crippen LogP) is 3.18. The van der Waals surface area contributed by atoms with E-state index in [1.807, 2.05) is 12.1 Å². The van der Waals surface area contributed by atoms with Gasteiger partial charge in [0.25, 0.3) is 0 Å². The molecule has 1 aliphatic rings. The topological polar surface area (TPSA) is 52.0 Å². The monoisotopic (exact) mass is 248 g/mol. The van der Waals surface area contributed by atoms with Crippen LogP contribution in [0.3, 0.4) is 0 Å². The maximum atomic E-state index is 5.89. The molecular weight excluding hydrogens is 236 g/mol. The molecule has 0 saturated carbocycles. The quantitative estimate of drug-likeness (QED) is 0.843. The minimum atomic E-state index is 0.481. The van der Waals surface area contributed by atoms with Crippen LogP contribution >= 0.6 is 11.6 Å². The molecule has 1 aromatic carbocycles. The van der Waals surface area contributed by atoms with Gasteiger partial charge in [0, 0.05) is 17.0 Å². The van der Waals surface area contributed by atoms with Gasteiger partial charge in [0.2, 0.25) is 5.88 Å². The van der Waals surface area contributed by atoms with E-state index in [1.54, 1.807) is 0 Å². The fourth-order valence-electron chi connectivity index (χ4n) is 2.46. The fraction of sp³-hybridized carbons (Fsp3) is 0.308. The largest absolute Gasteiger partial charge is 0.367 e. The summed E-state index contributed by atoms with van der Waals surface area (Å²) in [6.45, 7) is 0. The highest BCUT2D eigenvalue weighted by molar-refractivity contribution is 6.30. The van der Waals surface area contributed by atoms with Crippen molar-refractivity contribution >= 4 is 17.5 Å². The van der Waals surface area contributed by atoms with E-state index in [9.17, 15) is 0 Å². The molecule has 88 valence electrons. The SMILES string of the molecule is Nc1onc2c1CCC(c1ccc(Cl)cc1)C2. The van der Waals surface area contributed by atoms with Crippen LogP contribution in [-0.4, -0.2) is 5.16 Å². The van der Waals surface area contributed by atoms with Crippen LogP contribution in [0.15, 0.2) is 28.8 Å². The van der Waals surface area contributed by atoms with Gasteiger partial charge in [-0.05, 0) is 36.5 Å². The van der Waals surface area contributed by atoms with Gasteiger partial charge in [-0.25, -0.2) is 0 Å². The van der Waals surface area contributed by atoms with Crippen LogP contribution in [0, 0.1) is 0 Å². The number of rotatable bonds is 1. The van der Waals surface area contributed by atoms with E-state index in [0.717, 1.165) is 35.5 Å². The highest BCUT2D eigenvalue weighted by Gasteiger charge is 2.25. The van der Waals surface area contributed by atoms with E-state index >= 15 is 0 Å². The molecule has 2 N–H and O–H groups in total. The summed E-state index contributed by atoms with van der Waals surface area (Å²) in [7, 11) is 0. The highest BCUT2D eigenvalue weighted by atomic mass is 35.5. The Labute approximate surface area is 105 Å². The Balaban J connectivity index is 1.86. The van der Waals surface area contributed by atoms with E-state index in [1.165, 1.54) is 5.56 Å². The van der Waals surface area contributed by atoms with E-state index in [0.29, 0.717) is 11.8 Å². The number of anilines is 1. The Hall–Kier alpha value is -1.48. The molecular formula is C13H13ClN2O. The van der Waals surface area contributed by atoms with Crippen molar-refractivity contribution < 1.29 is 4.52 Å². The number of nitrogens with two attached hydrogens (primary N) is 1. The number of hydrogen-bond acceptors (Lipinski definition) is 3. The van der Waals surface area contributed by atoms with Gasteiger partial charge in [-0.2, -0.15) is 0 Å². The summed E-state index contributed by atoms with van der Waals surface area (Å²) in [6.07, 6.45) is 2.93. The zero-order valence-electron chi connectivity index (χ0n) is 9.32. The molecule has 1 aromatic heterocycles. The number of halogens is 1. The lowest BCUT2D eigenvalue weighted by Crippen LogP contribution is -2.12. The maximum absolute atomic E-state index is 5.89. The predicted molar refractivity (Wildman–Crippen MR) is 67.1 cm³/mol. The zero-order chi connectivity index (χ0) is 11.8. The second-order valence-corrected chi connectivity index (χ2v) is 4.90. The lowest BCUT2D eigenvalue weighted by atomic mass is 9.83. The van der Waals surface area contributed by atoms with Crippen LogP contribution in [0.1, 0.15) is 29.2 Å². The first-order chi connectivity index (χ1) is 8.24. The van der Waals surface area contributed by atoms with Crippen molar-refractivity contribution in [2.45, 2.75) is 25.2 Å². The van der Waals surface area contributed by atoms with Crippen LogP contribution in [0.2, 0.25) is 5.02 Å². The summed E-state index contributed by atoms with van der Waals surface area (Å²) in [5.74, 6) is 0.971. The Morgan fingerprint density at radius 1 is 1.29 bits per heavy atom. The van der Waals surface area contributed by atoms with Crippen molar-refractivity contribution in [1.29, 1.82) is 0 Å². The van der Waals surface area contributed by atoms with Gasteiger partial charge in [-0.3, -0.25) is 0 Å². The molecule has 3 rings (SSSR count). The molecule has 2 aromatic rings. The third kappa shape index (κ3) is 1.91. The molecule has 3 nitrogen and oxygen atoms in total. The Morgan fingerprint density at radius 3 is 2.82 bits per heavy atom. The van der Waals surface area contributed by atoms with Gasteiger partial charge in [-0.15, -0.1) is 0 Å². The first kappa shape index (κ1) is 10.7. The van der Waals surface area contributed by atoms with Gasteiger partial charge in [0.1, 0.15) is 0 Å². The van der Waals surface area contributed by atoms with Gasteiger partial charge in [0.05, 0.1) is 5.69 Å². The van der Waals surface area contributed by atoms with Crippen LogP contribution in [0.5, 0.6) is 0 Å². The summed E-state index contributed by atoms with van der Waals surface area (Å²) in [5.41, 5.74) is 9.13. The molecule has 1 atom stereocenters. The van der Waals surface area contributed by atoms with Crippen LogP contribution < -0.4 is 5.73 Å². The van der Waals surface area contributed by atoms with Crippen molar-refractivity contribution in [1.82, 2.24) is 5.16 Å². The average molecular weight is 249 g/mol. The summed E-state index contributed by atoms with van der Waals surface area (Å²) in [4.78, 5) is 0. The van der Waals surface area contributed by atoms with E-state index in [4.69, 9.17) is 21.9 Å². The molecule has 0 amide bonds. The van der Waals surface area contributed by atoms with Crippen molar-refractivity contribution in [3.8, 4) is 0 Å². The smallest absolute Gasteiger partial charge is 0.225 e. The van der Waals surface area contributed by atoms with Gasteiger partial charge >= 0.3 is 0 Å². The third-order valence-electron chi connectivity index (χ3n) is 3.42. The van der Waals surface area contributed by atoms with Gasteiger partial charge in [-0.1, -0.05) is 28.9 Å². The molecule has 0 saturated heterocycles. The number of nitrogens with zero attached hydrogens (tertiary/aromatic N) is 1. The molecule has 1 unspecified atom stereocenters. The van der Waals surface area contributed by atoms with Gasteiger partial charge in [0.15, 0.2) is 0 Å². The molecule has 0 spiro atoms. The number of benzene rings is 1. The van der Waals surface area contributed by atoms with E-state index in [2.05, 4.69) is 17.3 Å². The Bertz CT molecular complexity index is 533. The minimum Gasteiger partial charge on any atom is -0.367 e. The molecule has 0 aliphatic heterocycles. The van der Waals surface area contributed by atoms with Crippen LogP contribution in [0.4, 0.5) is 5.88 Å². The fourth-order valence-corrected chi connectivity index (χ4v) is 2.58. The first-order valence-electron chi connectivity index (χ1n) is 5.72. The summed E-state index contributed by atoms with van der Waals surface area (Å²) in [5, 5.41) is 4.80. The average Bonchev–Trinajstić information content (AvgIpc) is 2.72. The Morgan fingerprint density at radius 2 is 2.06 bits per heavy atom. The van der Waals surface area contributed by atoms with Crippen LogP contribution in [0.25, 0.3) is 0 Å². The molecule has 1 aliphatic carbocycles. The molecule has 0 bridgehead atoms. The third-order valence-corrected chi connectivity index (χ3v) is 3.68. The Kier molecular flexibility index (Phi) is 2.56.